The zero-order valence-electron chi connectivity index (χ0n) is 10.7. The van der Waals surface area contributed by atoms with E-state index in [9.17, 15) is 22.5 Å². The van der Waals surface area contributed by atoms with E-state index < -0.39 is 23.3 Å². The minimum Gasteiger partial charge on any atom is -0.610 e. The molecule has 0 bridgehead atoms. The Morgan fingerprint density at radius 3 is 2.85 bits per heavy atom. The zero-order chi connectivity index (χ0) is 14.9. The molecule has 1 aromatic rings. The normalized spacial score (nSPS) is 18.1. The largest absolute Gasteiger partial charge is 0.610 e. The summed E-state index contributed by atoms with van der Waals surface area (Å²) in [5.41, 5.74) is 1.61. The number of alkyl halides is 3. The van der Waals surface area contributed by atoms with Crippen molar-refractivity contribution in [1.82, 2.24) is 5.32 Å². The molecule has 110 valence electrons. The van der Waals surface area contributed by atoms with E-state index in [0.717, 1.165) is 11.3 Å². The van der Waals surface area contributed by atoms with Crippen LogP contribution in [0.4, 0.5) is 18.9 Å². The van der Waals surface area contributed by atoms with Crippen molar-refractivity contribution in [3.63, 3.8) is 0 Å². The van der Waals surface area contributed by atoms with E-state index in [2.05, 4.69) is 0 Å². The van der Waals surface area contributed by atoms with Crippen LogP contribution in [0.5, 0.6) is 0 Å². The Labute approximate surface area is 117 Å². The second-order valence-electron chi connectivity index (χ2n) is 4.48. The minimum atomic E-state index is -4.86. The maximum Gasteiger partial charge on any atom is 0.471 e. The first-order chi connectivity index (χ1) is 9.29. The molecule has 0 spiro atoms. The van der Waals surface area contributed by atoms with Gasteiger partial charge in [0.1, 0.15) is 0 Å². The number of nitrogens with zero attached hydrogens (tertiary/aromatic N) is 1. The first kappa shape index (κ1) is 15.0. The first-order valence-corrected chi connectivity index (χ1v) is 7.18. The van der Waals surface area contributed by atoms with Gasteiger partial charge in [-0.2, -0.15) is 13.2 Å². The average Bonchev–Trinajstić information content (AvgIpc) is 2.63. The van der Waals surface area contributed by atoms with Crippen LogP contribution in [0.15, 0.2) is 23.1 Å². The molecule has 4 nitrogen and oxygen atoms in total. The Morgan fingerprint density at radius 1 is 1.50 bits per heavy atom. The second-order valence-corrected chi connectivity index (χ2v) is 5.87. The predicted molar refractivity (Wildman–Crippen MR) is 68.9 cm³/mol. The first-order valence-electron chi connectivity index (χ1n) is 5.86. The molecule has 20 heavy (non-hydrogen) atoms. The van der Waals surface area contributed by atoms with E-state index in [4.69, 9.17) is 0 Å². The lowest BCUT2D eigenvalue weighted by Crippen LogP contribution is -2.37. The van der Waals surface area contributed by atoms with E-state index in [1.54, 1.807) is 18.2 Å². The van der Waals surface area contributed by atoms with Gasteiger partial charge in [0.15, 0.2) is 10.8 Å². The molecule has 2 rings (SSSR count). The number of nitrogens with one attached hydrogen (secondary N) is 1. The number of carbonyl (C=O) groups is 1. The van der Waals surface area contributed by atoms with Crippen molar-refractivity contribution in [2.24, 2.45) is 0 Å². The third kappa shape index (κ3) is 3.18. The van der Waals surface area contributed by atoms with Crippen LogP contribution in [-0.2, 0) is 22.4 Å². The van der Waals surface area contributed by atoms with E-state index in [0.29, 0.717) is 10.8 Å². The van der Waals surface area contributed by atoms with Crippen LogP contribution in [0.2, 0.25) is 0 Å². The number of halogens is 3. The summed E-state index contributed by atoms with van der Waals surface area (Å²) in [5, 5.41) is 1.81. The maximum atomic E-state index is 12.0. The Hall–Kier alpha value is -1.41. The molecule has 8 heteroatoms. The summed E-state index contributed by atoms with van der Waals surface area (Å²) in [4.78, 5) is 13.2. The van der Waals surface area contributed by atoms with E-state index in [1.165, 1.54) is 0 Å². The SMILES string of the molecule is CN1C[S+]([O-])c2cc(CCNC(=O)C(F)(F)F)ccc21. The smallest absolute Gasteiger partial charge is 0.471 e. The molecule has 0 fully saturated rings. The summed E-state index contributed by atoms with van der Waals surface area (Å²) in [6, 6.07) is 5.27. The average molecular weight is 306 g/mol. The second kappa shape index (κ2) is 5.53. The molecule has 1 aromatic carbocycles. The van der Waals surface area contributed by atoms with Crippen molar-refractivity contribution in [3.8, 4) is 0 Å². The number of benzene rings is 1. The molecule has 1 atom stereocenters. The molecule has 1 N–H and O–H groups in total. The van der Waals surface area contributed by atoms with Crippen molar-refractivity contribution in [2.45, 2.75) is 17.5 Å². The zero-order valence-corrected chi connectivity index (χ0v) is 11.5. The van der Waals surface area contributed by atoms with Crippen LogP contribution in [0, 0.1) is 0 Å². The van der Waals surface area contributed by atoms with Crippen molar-refractivity contribution >= 4 is 22.8 Å². The van der Waals surface area contributed by atoms with Gasteiger partial charge in [0.25, 0.3) is 0 Å². The molecule has 0 radical (unpaired) electrons. The Balaban J connectivity index is 1.95. The van der Waals surface area contributed by atoms with Gasteiger partial charge in [-0.25, -0.2) is 0 Å². The summed E-state index contributed by atoms with van der Waals surface area (Å²) < 4.78 is 47.8. The quantitative estimate of drug-likeness (QED) is 0.859. The number of anilines is 1. The molecular weight excluding hydrogens is 293 g/mol. The summed E-state index contributed by atoms with van der Waals surface area (Å²) in [6.07, 6.45) is -4.60. The van der Waals surface area contributed by atoms with Gasteiger partial charge < -0.3 is 14.8 Å². The predicted octanol–water partition coefficient (Wildman–Crippen LogP) is 1.42. The van der Waals surface area contributed by atoms with Gasteiger partial charge in [-0.15, -0.1) is 0 Å². The van der Waals surface area contributed by atoms with Crippen LogP contribution in [0.1, 0.15) is 5.56 Å². The van der Waals surface area contributed by atoms with Gasteiger partial charge in [0.2, 0.25) is 0 Å². The van der Waals surface area contributed by atoms with E-state index >= 15 is 0 Å². The molecule has 1 heterocycles. The van der Waals surface area contributed by atoms with Gasteiger partial charge in [0, 0.05) is 24.8 Å². The number of amides is 1. The maximum absolute atomic E-state index is 12.0. The number of hydrogen-bond donors (Lipinski definition) is 1. The fraction of sp³-hybridized carbons (Fsp3) is 0.417. The van der Waals surface area contributed by atoms with Crippen molar-refractivity contribution in [3.05, 3.63) is 23.8 Å². The molecule has 0 aliphatic carbocycles. The Kier molecular flexibility index (Phi) is 4.14. The van der Waals surface area contributed by atoms with Crippen LogP contribution < -0.4 is 10.2 Å². The molecule has 1 unspecified atom stereocenters. The molecular formula is C12H13F3N2O2S. The Bertz CT molecular complexity index is 522. The highest BCUT2D eigenvalue weighted by molar-refractivity contribution is 7.92. The standard InChI is InChI=1S/C12H13F3N2O2S/c1-17-7-20(19)10-6-8(2-3-9(10)17)4-5-16-11(18)12(13,14)15/h2-3,6H,4-5,7H2,1H3,(H,16,18). The summed E-state index contributed by atoms with van der Waals surface area (Å²) in [7, 11) is 1.83. The van der Waals surface area contributed by atoms with Gasteiger partial charge in [-0.3, -0.25) is 4.79 Å². The molecule has 1 amide bonds. The molecule has 1 aliphatic rings. The van der Waals surface area contributed by atoms with Gasteiger partial charge in [-0.1, -0.05) is 6.07 Å². The van der Waals surface area contributed by atoms with Crippen molar-refractivity contribution in [1.29, 1.82) is 0 Å². The minimum absolute atomic E-state index is 0.112. The van der Waals surface area contributed by atoms with Gasteiger partial charge >= 0.3 is 12.1 Å². The topological polar surface area (TPSA) is 55.4 Å². The molecule has 0 saturated heterocycles. The fourth-order valence-corrected chi connectivity index (χ4v) is 3.32. The number of hydrogen-bond acceptors (Lipinski definition) is 3. The highest BCUT2D eigenvalue weighted by atomic mass is 32.2. The van der Waals surface area contributed by atoms with Gasteiger partial charge in [0.05, 0.1) is 5.69 Å². The fourth-order valence-electron chi connectivity index (χ4n) is 1.95. The summed E-state index contributed by atoms with van der Waals surface area (Å²) in [5.74, 6) is -1.52. The summed E-state index contributed by atoms with van der Waals surface area (Å²) in [6.45, 7) is -0.112. The van der Waals surface area contributed by atoms with Crippen LogP contribution in [-0.4, -0.2) is 36.1 Å². The highest BCUT2D eigenvalue weighted by Crippen LogP contribution is 2.33. The number of rotatable bonds is 3. The summed E-state index contributed by atoms with van der Waals surface area (Å²) >= 11 is -1.11. The lowest BCUT2D eigenvalue weighted by atomic mass is 10.1. The van der Waals surface area contributed by atoms with Crippen LogP contribution >= 0.6 is 0 Å². The van der Waals surface area contributed by atoms with Gasteiger partial charge in [-0.05, 0) is 24.1 Å². The third-order valence-electron chi connectivity index (χ3n) is 2.95. The van der Waals surface area contributed by atoms with Crippen molar-refractivity contribution < 1.29 is 22.5 Å². The molecule has 0 saturated carbocycles. The Morgan fingerprint density at radius 2 is 2.20 bits per heavy atom. The monoisotopic (exact) mass is 306 g/mol. The van der Waals surface area contributed by atoms with E-state index in [1.807, 2.05) is 17.3 Å². The number of fused-ring (bicyclic) bond motifs is 1. The highest BCUT2D eigenvalue weighted by Gasteiger charge is 2.38. The lowest BCUT2D eigenvalue weighted by Gasteiger charge is -2.09. The molecule has 1 aliphatic heterocycles. The van der Waals surface area contributed by atoms with Crippen LogP contribution in [0.25, 0.3) is 0 Å². The lowest BCUT2D eigenvalue weighted by molar-refractivity contribution is -0.173. The van der Waals surface area contributed by atoms with Crippen molar-refractivity contribution in [2.75, 3.05) is 24.4 Å². The number of carbonyl (C=O) groups excluding carboxylic acids is 1. The third-order valence-corrected chi connectivity index (χ3v) is 4.39. The van der Waals surface area contributed by atoms with Crippen LogP contribution in [0.3, 0.4) is 0 Å². The van der Waals surface area contributed by atoms with E-state index in [-0.39, 0.29) is 13.0 Å². The molecule has 0 aromatic heterocycles.